The van der Waals surface area contributed by atoms with Crippen LogP contribution in [0.2, 0.25) is 0 Å². The van der Waals surface area contributed by atoms with E-state index in [1.165, 1.54) is 0 Å². The molecule has 1 atom stereocenters. The summed E-state index contributed by atoms with van der Waals surface area (Å²) in [6, 6.07) is 6.74. The number of carboxylic acids is 1. The van der Waals surface area contributed by atoms with Gasteiger partial charge in [-0.05, 0) is 24.1 Å². The summed E-state index contributed by atoms with van der Waals surface area (Å²) in [6.07, 6.45) is 0.777. The molecule has 1 unspecified atom stereocenters. The molecule has 2 rings (SSSR count). The lowest BCUT2D eigenvalue weighted by Gasteiger charge is -2.23. The van der Waals surface area contributed by atoms with Crippen LogP contribution in [0.3, 0.4) is 0 Å². The zero-order valence-corrected chi connectivity index (χ0v) is 11.3. The molecule has 0 saturated carbocycles. The van der Waals surface area contributed by atoms with Crippen molar-refractivity contribution in [1.29, 1.82) is 0 Å². The van der Waals surface area contributed by atoms with Crippen molar-refractivity contribution in [3.05, 3.63) is 29.8 Å². The molecule has 1 saturated heterocycles. The largest absolute Gasteiger partial charge is 0.481 e. The molecule has 1 aromatic rings. The Morgan fingerprint density at radius 3 is 2.95 bits per heavy atom. The summed E-state index contributed by atoms with van der Waals surface area (Å²) >= 11 is 0. The molecule has 1 aliphatic heterocycles. The Kier molecular flexibility index (Phi) is 4.57. The lowest BCUT2D eigenvalue weighted by molar-refractivity contribution is -0.136. The molecular weight excluding hydrogens is 260 g/mol. The van der Waals surface area contributed by atoms with Crippen molar-refractivity contribution in [2.45, 2.75) is 18.9 Å². The Balaban J connectivity index is 1.98. The lowest BCUT2D eigenvalue weighted by atomic mass is 10.1. The van der Waals surface area contributed by atoms with E-state index in [-0.39, 0.29) is 18.5 Å². The first kappa shape index (κ1) is 14.3. The third kappa shape index (κ3) is 3.71. The number of carbonyl (C=O) groups excluding carboxylic acids is 1. The minimum Gasteiger partial charge on any atom is -0.481 e. The smallest absolute Gasteiger partial charge is 0.321 e. The summed E-state index contributed by atoms with van der Waals surface area (Å²) in [5, 5.41) is 11.5. The number of nitrogens with zero attached hydrogens (tertiary/aromatic N) is 1. The van der Waals surface area contributed by atoms with Gasteiger partial charge in [0.25, 0.3) is 0 Å². The number of urea groups is 1. The van der Waals surface area contributed by atoms with Gasteiger partial charge >= 0.3 is 12.0 Å². The molecule has 1 aromatic carbocycles. The van der Waals surface area contributed by atoms with E-state index in [1.807, 2.05) is 0 Å². The molecular formula is C14H18N2O4. The Hall–Kier alpha value is -2.08. The van der Waals surface area contributed by atoms with E-state index in [0.717, 1.165) is 6.42 Å². The van der Waals surface area contributed by atoms with Crippen LogP contribution in [0.5, 0.6) is 0 Å². The summed E-state index contributed by atoms with van der Waals surface area (Å²) in [5.74, 6) is -0.895. The average Bonchev–Trinajstić information content (AvgIpc) is 2.91. The van der Waals surface area contributed by atoms with E-state index in [1.54, 1.807) is 36.2 Å². The van der Waals surface area contributed by atoms with Crippen LogP contribution in [0, 0.1) is 0 Å². The number of anilines is 1. The zero-order valence-electron chi connectivity index (χ0n) is 11.3. The number of hydrogen-bond donors (Lipinski definition) is 2. The summed E-state index contributed by atoms with van der Waals surface area (Å²) in [5.41, 5.74) is 1.25. The highest BCUT2D eigenvalue weighted by molar-refractivity contribution is 5.89. The van der Waals surface area contributed by atoms with Crippen LogP contribution in [-0.4, -0.2) is 48.3 Å². The van der Waals surface area contributed by atoms with E-state index in [9.17, 15) is 9.59 Å². The van der Waals surface area contributed by atoms with Gasteiger partial charge in [0.2, 0.25) is 0 Å². The molecule has 0 aromatic heterocycles. The number of carboxylic acid groups (broad SMARTS) is 1. The highest BCUT2D eigenvalue weighted by Gasteiger charge is 2.24. The van der Waals surface area contributed by atoms with E-state index >= 15 is 0 Å². The second-order valence-corrected chi connectivity index (χ2v) is 4.83. The first-order valence-corrected chi connectivity index (χ1v) is 6.48. The van der Waals surface area contributed by atoms with E-state index in [2.05, 4.69) is 5.32 Å². The molecule has 6 nitrogen and oxygen atoms in total. The van der Waals surface area contributed by atoms with Crippen LogP contribution in [0.4, 0.5) is 10.5 Å². The fourth-order valence-electron chi connectivity index (χ4n) is 2.14. The highest BCUT2D eigenvalue weighted by atomic mass is 16.5. The molecule has 108 valence electrons. The van der Waals surface area contributed by atoms with Crippen LogP contribution in [-0.2, 0) is 16.0 Å². The number of hydrogen-bond acceptors (Lipinski definition) is 3. The first-order chi connectivity index (χ1) is 9.56. The molecule has 20 heavy (non-hydrogen) atoms. The molecule has 1 aliphatic rings. The minimum atomic E-state index is -0.895. The summed E-state index contributed by atoms with van der Waals surface area (Å²) in [7, 11) is 1.73. The fourth-order valence-corrected chi connectivity index (χ4v) is 2.14. The molecule has 1 fully saturated rings. The van der Waals surface area contributed by atoms with Gasteiger partial charge in [0.1, 0.15) is 0 Å². The quantitative estimate of drug-likeness (QED) is 0.876. The minimum absolute atomic E-state index is 0.0595. The van der Waals surface area contributed by atoms with Crippen molar-refractivity contribution in [2.75, 3.05) is 25.6 Å². The van der Waals surface area contributed by atoms with Crippen molar-refractivity contribution in [3.63, 3.8) is 0 Å². The number of amides is 2. The predicted octanol–water partition coefficient (Wildman–Crippen LogP) is 1.57. The summed E-state index contributed by atoms with van der Waals surface area (Å²) in [4.78, 5) is 24.4. The first-order valence-electron chi connectivity index (χ1n) is 6.48. The van der Waals surface area contributed by atoms with E-state index in [4.69, 9.17) is 9.84 Å². The van der Waals surface area contributed by atoms with Crippen LogP contribution < -0.4 is 5.32 Å². The molecule has 2 amide bonds. The molecule has 1 heterocycles. The average molecular weight is 278 g/mol. The fraction of sp³-hybridized carbons (Fsp3) is 0.429. The van der Waals surface area contributed by atoms with Gasteiger partial charge in [0.05, 0.1) is 19.1 Å². The lowest BCUT2D eigenvalue weighted by Crippen LogP contribution is -2.40. The standard InChI is InChI=1S/C14H18N2O4/c1-16(12-5-6-20-9-12)14(19)15-11-4-2-3-10(7-11)8-13(17)18/h2-4,7,12H,5-6,8-9H2,1H3,(H,15,19)(H,17,18). The number of likely N-dealkylation sites (N-methyl/N-ethyl adjacent to an activating group) is 1. The van der Waals surface area contributed by atoms with Gasteiger partial charge in [-0.25, -0.2) is 4.79 Å². The number of carbonyl (C=O) groups is 2. The second-order valence-electron chi connectivity index (χ2n) is 4.83. The SMILES string of the molecule is CN(C(=O)Nc1cccc(CC(=O)O)c1)C1CCOC1. The predicted molar refractivity (Wildman–Crippen MR) is 73.8 cm³/mol. The maximum absolute atomic E-state index is 12.1. The Morgan fingerprint density at radius 1 is 1.50 bits per heavy atom. The van der Waals surface area contributed by atoms with Crippen molar-refractivity contribution < 1.29 is 19.4 Å². The highest BCUT2D eigenvalue weighted by Crippen LogP contribution is 2.15. The van der Waals surface area contributed by atoms with Gasteiger partial charge < -0.3 is 20.1 Å². The van der Waals surface area contributed by atoms with Gasteiger partial charge in [0, 0.05) is 19.3 Å². The normalized spacial score (nSPS) is 17.8. The number of rotatable bonds is 4. The second kappa shape index (κ2) is 6.38. The van der Waals surface area contributed by atoms with Gasteiger partial charge in [-0.2, -0.15) is 0 Å². The van der Waals surface area contributed by atoms with Crippen molar-refractivity contribution >= 4 is 17.7 Å². The van der Waals surface area contributed by atoms with Crippen molar-refractivity contribution in [2.24, 2.45) is 0 Å². The summed E-state index contributed by atoms with van der Waals surface area (Å²) in [6.45, 7) is 1.24. The van der Waals surface area contributed by atoms with Gasteiger partial charge in [-0.3, -0.25) is 4.79 Å². The monoisotopic (exact) mass is 278 g/mol. The Labute approximate surface area is 117 Å². The number of ether oxygens (including phenoxy) is 1. The van der Waals surface area contributed by atoms with Crippen LogP contribution in [0.25, 0.3) is 0 Å². The Bertz CT molecular complexity index is 498. The Morgan fingerprint density at radius 2 is 2.30 bits per heavy atom. The van der Waals surface area contributed by atoms with Gasteiger partial charge in [0.15, 0.2) is 0 Å². The third-order valence-corrected chi connectivity index (χ3v) is 3.31. The van der Waals surface area contributed by atoms with E-state index in [0.29, 0.717) is 24.5 Å². The molecule has 0 spiro atoms. The summed E-state index contributed by atoms with van der Waals surface area (Å²) < 4.78 is 5.25. The van der Waals surface area contributed by atoms with Crippen LogP contribution in [0.1, 0.15) is 12.0 Å². The van der Waals surface area contributed by atoms with Crippen LogP contribution in [0.15, 0.2) is 24.3 Å². The van der Waals surface area contributed by atoms with Crippen molar-refractivity contribution in [1.82, 2.24) is 4.90 Å². The van der Waals surface area contributed by atoms with Gasteiger partial charge in [-0.1, -0.05) is 12.1 Å². The van der Waals surface area contributed by atoms with Crippen LogP contribution >= 0.6 is 0 Å². The van der Waals surface area contributed by atoms with Gasteiger partial charge in [-0.15, -0.1) is 0 Å². The maximum Gasteiger partial charge on any atom is 0.321 e. The molecule has 2 N–H and O–H groups in total. The molecule has 0 aliphatic carbocycles. The zero-order chi connectivity index (χ0) is 14.5. The molecule has 6 heteroatoms. The molecule has 0 bridgehead atoms. The number of nitrogens with one attached hydrogen (secondary N) is 1. The third-order valence-electron chi connectivity index (χ3n) is 3.31. The number of aliphatic carboxylic acids is 1. The van der Waals surface area contributed by atoms with Crippen molar-refractivity contribution in [3.8, 4) is 0 Å². The topological polar surface area (TPSA) is 78.9 Å². The number of benzene rings is 1. The molecule has 0 radical (unpaired) electrons. The maximum atomic E-state index is 12.1. The van der Waals surface area contributed by atoms with E-state index < -0.39 is 5.97 Å².